The van der Waals surface area contributed by atoms with Gasteiger partial charge in [0.2, 0.25) is 0 Å². The Morgan fingerprint density at radius 3 is 2.36 bits per heavy atom. The second-order valence-corrected chi connectivity index (χ2v) is 6.64. The Bertz CT molecular complexity index is 812. The van der Waals surface area contributed by atoms with E-state index in [1.165, 1.54) is 31.3 Å². The van der Waals surface area contributed by atoms with Gasteiger partial charge in [-0.3, -0.25) is 4.79 Å². The SMILES string of the molecule is COc1cc(OC)cc(C(=O)Nc2ccc(NCCC3=CCCCC3)nn2)c1. The summed E-state index contributed by atoms with van der Waals surface area (Å²) in [4.78, 5) is 12.5. The first kappa shape index (κ1) is 19.7. The van der Waals surface area contributed by atoms with Crippen LogP contribution in [0.25, 0.3) is 0 Å². The lowest BCUT2D eigenvalue weighted by Gasteiger charge is -2.13. The van der Waals surface area contributed by atoms with E-state index >= 15 is 0 Å². The van der Waals surface area contributed by atoms with Crippen molar-refractivity contribution in [2.75, 3.05) is 31.4 Å². The molecule has 0 atom stereocenters. The van der Waals surface area contributed by atoms with Gasteiger partial charge in [-0.05, 0) is 56.4 Å². The van der Waals surface area contributed by atoms with Crippen LogP contribution in [-0.4, -0.2) is 36.9 Å². The van der Waals surface area contributed by atoms with Crippen LogP contribution in [0.3, 0.4) is 0 Å². The number of methoxy groups -OCH3 is 2. The molecular formula is C21H26N4O3. The van der Waals surface area contributed by atoms with Gasteiger partial charge < -0.3 is 20.1 Å². The monoisotopic (exact) mass is 382 g/mol. The van der Waals surface area contributed by atoms with Crippen molar-refractivity contribution in [3.63, 3.8) is 0 Å². The van der Waals surface area contributed by atoms with E-state index in [4.69, 9.17) is 9.47 Å². The second-order valence-electron chi connectivity index (χ2n) is 6.64. The van der Waals surface area contributed by atoms with Crippen molar-refractivity contribution in [2.24, 2.45) is 0 Å². The summed E-state index contributed by atoms with van der Waals surface area (Å²) in [5.74, 6) is 1.85. The van der Waals surface area contributed by atoms with E-state index in [1.807, 2.05) is 6.07 Å². The predicted octanol–water partition coefficient (Wildman–Crippen LogP) is 4.05. The molecule has 0 unspecified atom stereocenters. The fourth-order valence-electron chi connectivity index (χ4n) is 3.10. The number of allylic oxidation sites excluding steroid dienone is 1. The summed E-state index contributed by atoms with van der Waals surface area (Å²) in [7, 11) is 3.08. The average molecular weight is 382 g/mol. The quantitative estimate of drug-likeness (QED) is 0.670. The van der Waals surface area contributed by atoms with Crippen LogP contribution in [0.2, 0.25) is 0 Å². The summed E-state index contributed by atoms with van der Waals surface area (Å²) in [5, 5.41) is 14.2. The van der Waals surface area contributed by atoms with Crippen LogP contribution in [0.4, 0.5) is 11.6 Å². The molecule has 1 aromatic carbocycles. The van der Waals surface area contributed by atoms with Crippen LogP contribution >= 0.6 is 0 Å². The molecule has 0 bridgehead atoms. The topological polar surface area (TPSA) is 85.4 Å². The van der Waals surface area contributed by atoms with Gasteiger partial charge in [-0.1, -0.05) is 11.6 Å². The fraction of sp³-hybridized carbons (Fsp3) is 0.381. The highest BCUT2D eigenvalue weighted by molar-refractivity contribution is 6.04. The number of rotatable bonds is 8. The van der Waals surface area contributed by atoms with E-state index in [-0.39, 0.29) is 5.91 Å². The first-order valence-corrected chi connectivity index (χ1v) is 9.48. The molecule has 1 aliphatic carbocycles. The molecule has 2 N–H and O–H groups in total. The number of carbonyl (C=O) groups excluding carboxylic acids is 1. The number of nitrogens with one attached hydrogen (secondary N) is 2. The molecule has 0 fully saturated rings. The van der Waals surface area contributed by atoms with Gasteiger partial charge in [0.25, 0.3) is 5.91 Å². The fourth-order valence-corrected chi connectivity index (χ4v) is 3.10. The van der Waals surface area contributed by atoms with Gasteiger partial charge in [-0.2, -0.15) is 0 Å². The first-order valence-electron chi connectivity index (χ1n) is 9.48. The summed E-state index contributed by atoms with van der Waals surface area (Å²) >= 11 is 0. The Morgan fingerprint density at radius 2 is 1.75 bits per heavy atom. The van der Waals surface area contributed by atoms with E-state index < -0.39 is 0 Å². The third kappa shape index (κ3) is 5.45. The Morgan fingerprint density at radius 1 is 1.04 bits per heavy atom. The van der Waals surface area contributed by atoms with E-state index in [0.717, 1.165) is 13.0 Å². The number of carbonyl (C=O) groups is 1. The maximum absolute atomic E-state index is 12.5. The van der Waals surface area contributed by atoms with Crippen molar-refractivity contribution < 1.29 is 14.3 Å². The lowest BCUT2D eigenvalue weighted by Crippen LogP contribution is -2.14. The minimum absolute atomic E-state index is 0.309. The summed E-state index contributed by atoms with van der Waals surface area (Å²) in [6, 6.07) is 8.53. The summed E-state index contributed by atoms with van der Waals surface area (Å²) in [6.07, 6.45) is 8.37. The highest BCUT2D eigenvalue weighted by Gasteiger charge is 2.11. The minimum Gasteiger partial charge on any atom is -0.497 e. The molecule has 1 amide bonds. The molecule has 28 heavy (non-hydrogen) atoms. The van der Waals surface area contributed by atoms with Gasteiger partial charge in [0.05, 0.1) is 14.2 Å². The smallest absolute Gasteiger partial charge is 0.257 e. The number of benzene rings is 1. The van der Waals surface area contributed by atoms with Gasteiger partial charge in [0, 0.05) is 18.2 Å². The highest BCUT2D eigenvalue weighted by atomic mass is 16.5. The van der Waals surface area contributed by atoms with Crippen molar-refractivity contribution >= 4 is 17.5 Å². The zero-order valence-corrected chi connectivity index (χ0v) is 16.3. The third-order valence-electron chi connectivity index (χ3n) is 4.66. The van der Waals surface area contributed by atoms with Crippen LogP contribution in [0.5, 0.6) is 11.5 Å². The number of aromatic nitrogens is 2. The van der Waals surface area contributed by atoms with Crippen LogP contribution in [-0.2, 0) is 0 Å². The molecule has 7 nitrogen and oxygen atoms in total. The molecule has 0 saturated heterocycles. The number of hydrogen-bond donors (Lipinski definition) is 2. The van der Waals surface area contributed by atoms with Gasteiger partial charge in [0.15, 0.2) is 5.82 Å². The van der Waals surface area contributed by atoms with E-state index in [9.17, 15) is 4.79 Å². The standard InChI is InChI=1S/C21H26N4O3/c1-27-17-12-16(13-18(14-17)28-2)21(26)23-20-9-8-19(24-25-20)22-11-10-15-6-4-3-5-7-15/h6,8-9,12-14H,3-5,7,10-11H2,1-2H3,(H,22,24)(H,23,25,26). The Hall–Kier alpha value is -3.09. The van der Waals surface area contributed by atoms with Crippen molar-refractivity contribution in [2.45, 2.75) is 32.1 Å². The summed E-state index contributed by atoms with van der Waals surface area (Å²) < 4.78 is 10.4. The predicted molar refractivity (Wildman–Crippen MR) is 109 cm³/mol. The first-order chi connectivity index (χ1) is 13.7. The van der Waals surface area contributed by atoms with E-state index in [0.29, 0.717) is 28.7 Å². The molecule has 0 spiro atoms. The maximum Gasteiger partial charge on any atom is 0.257 e. The van der Waals surface area contributed by atoms with E-state index in [1.54, 1.807) is 38.5 Å². The normalized spacial score (nSPS) is 13.4. The van der Waals surface area contributed by atoms with Gasteiger partial charge in [-0.25, -0.2) is 0 Å². The van der Waals surface area contributed by atoms with Gasteiger partial charge in [-0.15, -0.1) is 10.2 Å². The van der Waals surface area contributed by atoms with Crippen molar-refractivity contribution in [1.82, 2.24) is 10.2 Å². The zero-order chi connectivity index (χ0) is 19.8. The van der Waals surface area contributed by atoms with Gasteiger partial charge >= 0.3 is 0 Å². The summed E-state index contributed by atoms with van der Waals surface area (Å²) in [6.45, 7) is 0.829. The number of anilines is 2. The molecule has 0 radical (unpaired) electrons. The third-order valence-corrected chi connectivity index (χ3v) is 4.66. The van der Waals surface area contributed by atoms with Crippen LogP contribution in [0.1, 0.15) is 42.5 Å². The van der Waals surface area contributed by atoms with Crippen LogP contribution < -0.4 is 20.1 Å². The van der Waals surface area contributed by atoms with Gasteiger partial charge in [0.1, 0.15) is 17.3 Å². The number of nitrogens with zero attached hydrogens (tertiary/aromatic N) is 2. The summed E-state index contributed by atoms with van der Waals surface area (Å²) in [5.41, 5.74) is 1.94. The second kappa shape index (κ2) is 9.73. The van der Waals surface area contributed by atoms with Crippen LogP contribution in [0.15, 0.2) is 42.0 Å². The van der Waals surface area contributed by atoms with E-state index in [2.05, 4.69) is 26.9 Å². The molecule has 7 heteroatoms. The average Bonchev–Trinajstić information content (AvgIpc) is 2.75. The Balaban J connectivity index is 1.55. The van der Waals surface area contributed by atoms with Crippen molar-refractivity contribution in [1.29, 1.82) is 0 Å². The number of ether oxygens (including phenoxy) is 2. The molecular weight excluding hydrogens is 356 g/mol. The minimum atomic E-state index is -0.309. The number of amides is 1. The lowest BCUT2D eigenvalue weighted by molar-refractivity contribution is 0.102. The maximum atomic E-state index is 12.5. The lowest BCUT2D eigenvalue weighted by atomic mass is 9.97. The van der Waals surface area contributed by atoms with Crippen molar-refractivity contribution in [3.05, 3.63) is 47.5 Å². The molecule has 0 aliphatic heterocycles. The largest absolute Gasteiger partial charge is 0.497 e. The molecule has 0 saturated carbocycles. The zero-order valence-electron chi connectivity index (χ0n) is 16.3. The molecule has 1 heterocycles. The highest BCUT2D eigenvalue weighted by Crippen LogP contribution is 2.23. The molecule has 1 aromatic heterocycles. The molecule has 148 valence electrons. The van der Waals surface area contributed by atoms with Crippen molar-refractivity contribution in [3.8, 4) is 11.5 Å². The molecule has 1 aliphatic rings. The van der Waals surface area contributed by atoms with Crippen LogP contribution in [0, 0.1) is 0 Å². The molecule has 3 rings (SSSR count). The molecule has 2 aromatic rings. The Kier molecular flexibility index (Phi) is 6.84. The Labute approximate surface area is 165 Å². The number of hydrogen-bond acceptors (Lipinski definition) is 6.